The zero-order chi connectivity index (χ0) is 17.4. The van der Waals surface area contributed by atoms with Crippen LogP contribution in [0.4, 0.5) is 0 Å². The molecule has 0 radical (unpaired) electrons. The van der Waals surface area contributed by atoms with Gasteiger partial charge in [-0.25, -0.2) is 0 Å². The molecule has 2 aromatic carbocycles. The quantitative estimate of drug-likeness (QED) is 0.737. The summed E-state index contributed by atoms with van der Waals surface area (Å²) in [6.45, 7) is 0. The second kappa shape index (κ2) is 8.87. The third-order valence-corrected chi connectivity index (χ3v) is 4.29. The Morgan fingerprint density at radius 3 is 1.29 bits per heavy atom. The lowest BCUT2D eigenvalue weighted by atomic mass is 9.83. The number of aryl methyl sites for hydroxylation is 2. The highest BCUT2D eigenvalue weighted by Gasteiger charge is 2.33. The maximum absolute atomic E-state index is 11.6. The van der Waals surface area contributed by atoms with Crippen LogP contribution in [0.15, 0.2) is 60.7 Å². The molecule has 126 valence electrons. The smallest absolute Gasteiger partial charge is 0.307 e. The molecule has 0 spiro atoms. The number of carboxylic acids is 2. The molecule has 0 saturated heterocycles. The second-order valence-corrected chi connectivity index (χ2v) is 5.94. The van der Waals surface area contributed by atoms with Crippen molar-refractivity contribution in [3.8, 4) is 0 Å². The number of carboxylic acid groups (broad SMARTS) is 2. The molecule has 0 fully saturated rings. The van der Waals surface area contributed by atoms with Gasteiger partial charge in [-0.3, -0.25) is 9.59 Å². The lowest BCUT2D eigenvalue weighted by molar-refractivity contribution is -0.154. The summed E-state index contributed by atoms with van der Waals surface area (Å²) >= 11 is 0. The van der Waals surface area contributed by atoms with Crippen LogP contribution in [0, 0.1) is 11.8 Å². The van der Waals surface area contributed by atoms with E-state index in [4.69, 9.17) is 0 Å². The zero-order valence-electron chi connectivity index (χ0n) is 13.5. The summed E-state index contributed by atoms with van der Waals surface area (Å²) in [6, 6.07) is 19.1. The predicted molar refractivity (Wildman–Crippen MR) is 91.8 cm³/mol. The van der Waals surface area contributed by atoms with Crippen molar-refractivity contribution in [3.63, 3.8) is 0 Å². The molecule has 2 aromatic rings. The average molecular weight is 326 g/mol. The maximum Gasteiger partial charge on any atom is 0.307 e. The van der Waals surface area contributed by atoms with Crippen molar-refractivity contribution in [2.45, 2.75) is 25.7 Å². The first kappa shape index (κ1) is 17.7. The van der Waals surface area contributed by atoms with Gasteiger partial charge in [0.05, 0.1) is 11.8 Å². The number of rotatable bonds is 9. The molecule has 24 heavy (non-hydrogen) atoms. The molecule has 0 saturated carbocycles. The number of benzene rings is 2. The predicted octanol–water partition coefficient (Wildman–Crippen LogP) is 3.65. The highest BCUT2D eigenvalue weighted by Crippen LogP contribution is 2.24. The van der Waals surface area contributed by atoms with E-state index in [-0.39, 0.29) is 0 Å². The van der Waals surface area contributed by atoms with Gasteiger partial charge in [-0.2, -0.15) is 0 Å². The molecule has 0 aliphatic heterocycles. The van der Waals surface area contributed by atoms with E-state index in [0.717, 1.165) is 11.1 Å². The zero-order valence-corrected chi connectivity index (χ0v) is 13.5. The number of hydrogen-bond acceptors (Lipinski definition) is 2. The molecule has 4 heteroatoms. The first-order valence-corrected chi connectivity index (χ1v) is 8.11. The topological polar surface area (TPSA) is 74.6 Å². The fraction of sp³-hybridized carbons (Fsp3) is 0.300. The number of aliphatic carboxylic acids is 2. The number of hydrogen-bond donors (Lipinski definition) is 2. The molecule has 0 aliphatic carbocycles. The van der Waals surface area contributed by atoms with E-state index in [2.05, 4.69) is 0 Å². The third kappa shape index (κ3) is 5.23. The highest BCUT2D eigenvalue weighted by atomic mass is 16.4. The van der Waals surface area contributed by atoms with Crippen molar-refractivity contribution in [1.29, 1.82) is 0 Å². The van der Waals surface area contributed by atoms with Crippen LogP contribution in [-0.4, -0.2) is 22.2 Å². The van der Waals surface area contributed by atoms with Crippen molar-refractivity contribution in [2.75, 3.05) is 0 Å². The summed E-state index contributed by atoms with van der Waals surface area (Å²) in [6.07, 6.45) is 1.77. The van der Waals surface area contributed by atoms with Crippen LogP contribution in [0.2, 0.25) is 0 Å². The van der Waals surface area contributed by atoms with Crippen molar-refractivity contribution in [2.24, 2.45) is 11.8 Å². The Morgan fingerprint density at radius 2 is 1.00 bits per heavy atom. The fourth-order valence-electron chi connectivity index (χ4n) is 2.93. The fourth-order valence-corrected chi connectivity index (χ4v) is 2.93. The minimum atomic E-state index is -1.04. The molecule has 2 N–H and O–H groups in total. The van der Waals surface area contributed by atoms with Crippen LogP contribution < -0.4 is 0 Å². The molecule has 2 atom stereocenters. The van der Waals surface area contributed by atoms with Gasteiger partial charge in [0.2, 0.25) is 0 Å². The van der Waals surface area contributed by atoms with Gasteiger partial charge in [-0.1, -0.05) is 60.7 Å². The van der Waals surface area contributed by atoms with E-state index in [1.807, 2.05) is 60.7 Å². The maximum atomic E-state index is 11.6. The molecule has 0 aliphatic rings. The van der Waals surface area contributed by atoms with Crippen LogP contribution in [0.25, 0.3) is 0 Å². The van der Waals surface area contributed by atoms with Crippen LogP contribution in [0.5, 0.6) is 0 Å². The van der Waals surface area contributed by atoms with Gasteiger partial charge in [0.1, 0.15) is 0 Å². The summed E-state index contributed by atoms with van der Waals surface area (Å²) in [5.74, 6) is -3.84. The first-order chi connectivity index (χ1) is 11.6. The normalized spacial score (nSPS) is 13.2. The van der Waals surface area contributed by atoms with Gasteiger partial charge in [-0.05, 0) is 36.8 Å². The Labute approximate surface area is 141 Å². The monoisotopic (exact) mass is 326 g/mol. The van der Waals surface area contributed by atoms with Gasteiger partial charge in [-0.15, -0.1) is 0 Å². The summed E-state index contributed by atoms with van der Waals surface area (Å²) in [5.41, 5.74) is 2.05. The molecular formula is C20H22O4. The second-order valence-electron chi connectivity index (χ2n) is 5.94. The number of carbonyl (C=O) groups is 2. The minimum absolute atomic E-state index is 0.325. The van der Waals surface area contributed by atoms with Crippen molar-refractivity contribution in [3.05, 3.63) is 71.8 Å². The summed E-state index contributed by atoms with van der Waals surface area (Å²) < 4.78 is 0. The summed E-state index contributed by atoms with van der Waals surface area (Å²) in [7, 11) is 0. The molecule has 0 bridgehead atoms. The van der Waals surface area contributed by atoms with Crippen LogP contribution >= 0.6 is 0 Å². The van der Waals surface area contributed by atoms with Crippen LogP contribution in [0.3, 0.4) is 0 Å². The lowest BCUT2D eigenvalue weighted by Gasteiger charge is -2.20. The van der Waals surface area contributed by atoms with E-state index < -0.39 is 23.8 Å². The minimum Gasteiger partial charge on any atom is -0.481 e. The van der Waals surface area contributed by atoms with Crippen molar-refractivity contribution in [1.82, 2.24) is 0 Å². The van der Waals surface area contributed by atoms with E-state index in [1.54, 1.807) is 0 Å². The highest BCUT2D eigenvalue weighted by molar-refractivity contribution is 5.80. The third-order valence-electron chi connectivity index (χ3n) is 4.29. The molecule has 0 unspecified atom stereocenters. The molecule has 0 heterocycles. The molecule has 0 aromatic heterocycles. The van der Waals surface area contributed by atoms with Gasteiger partial charge in [0.25, 0.3) is 0 Å². The molecular weight excluding hydrogens is 304 g/mol. The van der Waals surface area contributed by atoms with E-state index in [0.29, 0.717) is 25.7 Å². The van der Waals surface area contributed by atoms with Gasteiger partial charge in [0.15, 0.2) is 0 Å². The largest absolute Gasteiger partial charge is 0.481 e. The van der Waals surface area contributed by atoms with E-state index >= 15 is 0 Å². The first-order valence-electron chi connectivity index (χ1n) is 8.11. The SMILES string of the molecule is O=C(O)[C@@H](CCc1ccccc1)[C@H](CCc1ccccc1)C(=O)O. The van der Waals surface area contributed by atoms with Crippen LogP contribution in [0.1, 0.15) is 24.0 Å². The van der Waals surface area contributed by atoms with Gasteiger partial charge in [0, 0.05) is 0 Å². The Bertz CT molecular complexity index is 592. The Balaban J connectivity index is 2.03. The van der Waals surface area contributed by atoms with E-state index in [9.17, 15) is 19.8 Å². The Morgan fingerprint density at radius 1 is 0.667 bits per heavy atom. The summed E-state index contributed by atoms with van der Waals surface area (Å²) in [4.78, 5) is 23.2. The Hall–Kier alpha value is -2.62. The van der Waals surface area contributed by atoms with Crippen LogP contribution in [-0.2, 0) is 22.4 Å². The molecule has 4 nitrogen and oxygen atoms in total. The average Bonchev–Trinajstić information content (AvgIpc) is 2.59. The van der Waals surface area contributed by atoms with Gasteiger partial charge >= 0.3 is 11.9 Å². The lowest BCUT2D eigenvalue weighted by Crippen LogP contribution is -2.30. The van der Waals surface area contributed by atoms with Crippen molar-refractivity contribution < 1.29 is 19.8 Å². The van der Waals surface area contributed by atoms with Crippen molar-refractivity contribution >= 4 is 11.9 Å². The Kier molecular flexibility index (Phi) is 6.55. The van der Waals surface area contributed by atoms with Gasteiger partial charge < -0.3 is 10.2 Å². The molecule has 2 rings (SSSR count). The summed E-state index contributed by atoms with van der Waals surface area (Å²) in [5, 5.41) is 19.0. The standard InChI is InChI=1S/C20H22O4/c21-19(22)17(13-11-15-7-3-1-4-8-15)18(20(23)24)14-12-16-9-5-2-6-10-16/h1-10,17-18H,11-14H2,(H,21,22)(H,23,24)/t17-,18-/m0/s1. The van der Waals surface area contributed by atoms with E-state index in [1.165, 1.54) is 0 Å². The molecule has 0 amide bonds.